The minimum atomic E-state index is 0.118. The minimum Gasteiger partial charge on any atom is -0.326 e. The van der Waals surface area contributed by atoms with Crippen molar-refractivity contribution >= 4 is 11.6 Å². The van der Waals surface area contributed by atoms with Crippen molar-refractivity contribution in [3.63, 3.8) is 0 Å². The summed E-state index contributed by atoms with van der Waals surface area (Å²) in [4.78, 5) is 14.2. The first-order valence-corrected chi connectivity index (χ1v) is 7.55. The van der Waals surface area contributed by atoms with Crippen LogP contribution in [0.3, 0.4) is 0 Å². The maximum Gasteiger partial charge on any atom is 0.224 e. The quantitative estimate of drug-likeness (QED) is 0.774. The molecule has 1 fully saturated rings. The molecule has 1 aromatic rings. The summed E-state index contributed by atoms with van der Waals surface area (Å²) in [5, 5.41) is 7.26. The van der Waals surface area contributed by atoms with Gasteiger partial charge in [-0.2, -0.15) is 0 Å². The molecule has 1 radical (unpaired) electrons. The van der Waals surface area contributed by atoms with E-state index in [9.17, 15) is 4.79 Å². The zero-order chi connectivity index (χ0) is 14.0. The molecule has 1 aromatic carbocycles. The van der Waals surface area contributed by atoms with Crippen LogP contribution in [-0.4, -0.2) is 43.5 Å². The van der Waals surface area contributed by atoms with E-state index < -0.39 is 0 Å². The van der Waals surface area contributed by atoms with Gasteiger partial charge in [0.25, 0.3) is 0 Å². The van der Waals surface area contributed by atoms with E-state index in [1.165, 1.54) is 6.42 Å². The highest BCUT2D eigenvalue weighted by atomic mass is 16.1. The molecule has 0 atom stereocenters. The number of benzene rings is 1. The highest BCUT2D eigenvalue weighted by Gasteiger charge is 2.09. The molecule has 1 aliphatic rings. The number of amides is 1. The van der Waals surface area contributed by atoms with E-state index in [4.69, 9.17) is 0 Å². The van der Waals surface area contributed by atoms with Gasteiger partial charge in [0.1, 0.15) is 0 Å². The number of carbonyl (C=O) groups is 1. The highest BCUT2D eigenvalue weighted by Crippen LogP contribution is 2.08. The Balaban J connectivity index is 1.51. The Bertz CT molecular complexity index is 388. The summed E-state index contributed by atoms with van der Waals surface area (Å²) in [7, 11) is 0. The number of rotatable bonds is 7. The first-order chi connectivity index (χ1) is 9.84. The Morgan fingerprint density at radius 3 is 2.60 bits per heavy atom. The van der Waals surface area contributed by atoms with Crippen LogP contribution in [0.5, 0.6) is 0 Å². The Morgan fingerprint density at radius 1 is 1.10 bits per heavy atom. The zero-order valence-corrected chi connectivity index (χ0v) is 12.1. The third-order valence-corrected chi connectivity index (χ3v) is 3.58. The second-order valence-electron chi connectivity index (χ2n) is 5.24. The third kappa shape index (κ3) is 5.72. The molecule has 20 heavy (non-hydrogen) atoms. The normalized spacial score (nSPS) is 16.0. The average molecular weight is 274 g/mol. The molecule has 109 valence electrons. The van der Waals surface area contributed by atoms with Crippen LogP contribution in [0.2, 0.25) is 0 Å². The molecular formula is C16H24N3O. The average Bonchev–Trinajstić information content (AvgIpc) is 2.49. The first kappa shape index (κ1) is 15.0. The molecule has 4 heteroatoms. The Hall–Kier alpha value is -1.39. The van der Waals surface area contributed by atoms with Gasteiger partial charge in [0, 0.05) is 38.3 Å². The number of unbranched alkanes of at least 4 members (excludes halogenated alkanes) is 2. The molecule has 0 aliphatic carbocycles. The maximum absolute atomic E-state index is 11.7. The van der Waals surface area contributed by atoms with Crippen LogP contribution < -0.4 is 10.6 Å². The topological polar surface area (TPSA) is 46.4 Å². The molecule has 0 saturated carbocycles. The summed E-state index contributed by atoms with van der Waals surface area (Å²) in [6, 6.07) is 9.64. The summed E-state index contributed by atoms with van der Waals surface area (Å²) in [6.45, 7) is 5.33. The Labute approximate surface area is 121 Å². The number of nitrogens with one attached hydrogen (secondary N) is 1. The number of nitrogens with zero attached hydrogens (tertiary/aromatic N) is 2. The fourth-order valence-electron chi connectivity index (χ4n) is 2.41. The molecule has 1 aliphatic heterocycles. The van der Waals surface area contributed by atoms with Crippen LogP contribution in [0.4, 0.5) is 5.69 Å². The molecule has 0 spiro atoms. The van der Waals surface area contributed by atoms with Crippen molar-refractivity contribution in [1.29, 1.82) is 0 Å². The Morgan fingerprint density at radius 2 is 1.85 bits per heavy atom. The summed E-state index contributed by atoms with van der Waals surface area (Å²) in [6.07, 6.45) is 3.88. The van der Waals surface area contributed by atoms with Gasteiger partial charge in [-0.15, -0.1) is 0 Å². The maximum atomic E-state index is 11.7. The Kier molecular flexibility index (Phi) is 6.54. The van der Waals surface area contributed by atoms with Gasteiger partial charge in [-0.25, -0.2) is 5.32 Å². The van der Waals surface area contributed by atoms with Gasteiger partial charge >= 0.3 is 0 Å². The van der Waals surface area contributed by atoms with Crippen molar-refractivity contribution in [2.45, 2.75) is 25.7 Å². The molecule has 2 rings (SSSR count). The fourth-order valence-corrected chi connectivity index (χ4v) is 2.41. The van der Waals surface area contributed by atoms with Crippen molar-refractivity contribution in [2.24, 2.45) is 0 Å². The first-order valence-electron chi connectivity index (χ1n) is 7.55. The van der Waals surface area contributed by atoms with Crippen LogP contribution in [0.1, 0.15) is 25.7 Å². The van der Waals surface area contributed by atoms with Crippen molar-refractivity contribution in [1.82, 2.24) is 10.2 Å². The van der Waals surface area contributed by atoms with E-state index in [0.717, 1.165) is 51.3 Å². The monoisotopic (exact) mass is 274 g/mol. The summed E-state index contributed by atoms with van der Waals surface area (Å²) < 4.78 is 0. The second kappa shape index (κ2) is 8.72. The van der Waals surface area contributed by atoms with E-state index in [-0.39, 0.29) is 5.91 Å². The molecule has 0 aromatic heterocycles. The van der Waals surface area contributed by atoms with E-state index in [1.807, 2.05) is 30.3 Å². The van der Waals surface area contributed by atoms with Gasteiger partial charge < -0.3 is 10.2 Å². The minimum absolute atomic E-state index is 0.118. The fraction of sp³-hybridized carbons (Fsp3) is 0.562. The molecular weight excluding hydrogens is 250 g/mol. The van der Waals surface area contributed by atoms with E-state index in [0.29, 0.717) is 6.42 Å². The molecule has 0 bridgehead atoms. The predicted octanol–water partition coefficient (Wildman–Crippen LogP) is 2.11. The highest BCUT2D eigenvalue weighted by molar-refractivity contribution is 5.90. The molecule has 1 N–H and O–H groups in total. The van der Waals surface area contributed by atoms with Crippen molar-refractivity contribution in [3.8, 4) is 0 Å². The van der Waals surface area contributed by atoms with Crippen LogP contribution in [0.15, 0.2) is 30.3 Å². The summed E-state index contributed by atoms with van der Waals surface area (Å²) in [5.74, 6) is 0.118. The van der Waals surface area contributed by atoms with Gasteiger partial charge in [-0.05, 0) is 31.5 Å². The van der Waals surface area contributed by atoms with Crippen molar-refractivity contribution in [2.75, 3.05) is 38.0 Å². The molecule has 0 unspecified atom stereocenters. The van der Waals surface area contributed by atoms with Gasteiger partial charge in [-0.1, -0.05) is 24.6 Å². The lowest BCUT2D eigenvalue weighted by Gasteiger charge is -2.26. The second-order valence-corrected chi connectivity index (χ2v) is 5.24. The van der Waals surface area contributed by atoms with E-state index in [1.54, 1.807) is 0 Å². The lowest BCUT2D eigenvalue weighted by atomic mass is 10.1. The molecule has 4 nitrogen and oxygen atoms in total. The molecule has 1 saturated heterocycles. The lowest BCUT2D eigenvalue weighted by Crippen LogP contribution is -2.40. The summed E-state index contributed by atoms with van der Waals surface area (Å²) in [5.41, 5.74) is 0.884. The standard InChI is InChI=1S/C16H24N3O/c20-16(18-15-7-3-1-4-8-15)9-5-2-6-12-19-13-10-17-11-14-19/h1,3-4,7-8H,2,5-6,9-14H2,(H,18,20). The van der Waals surface area contributed by atoms with E-state index in [2.05, 4.69) is 15.5 Å². The number of anilines is 1. The number of carbonyl (C=O) groups excluding carboxylic acids is 1. The van der Waals surface area contributed by atoms with Crippen LogP contribution in [0, 0.1) is 0 Å². The SMILES string of the molecule is O=C(CCCCCN1CC[N]CC1)Nc1ccccc1. The van der Waals surface area contributed by atoms with Crippen LogP contribution >= 0.6 is 0 Å². The lowest BCUT2D eigenvalue weighted by molar-refractivity contribution is -0.116. The zero-order valence-electron chi connectivity index (χ0n) is 12.1. The molecule has 1 heterocycles. The number of piperazine rings is 1. The van der Waals surface area contributed by atoms with Crippen molar-refractivity contribution in [3.05, 3.63) is 30.3 Å². The summed E-state index contributed by atoms with van der Waals surface area (Å²) >= 11 is 0. The van der Waals surface area contributed by atoms with Crippen molar-refractivity contribution < 1.29 is 4.79 Å². The largest absolute Gasteiger partial charge is 0.326 e. The smallest absolute Gasteiger partial charge is 0.224 e. The number of hydrogen-bond donors (Lipinski definition) is 1. The van der Waals surface area contributed by atoms with E-state index >= 15 is 0 Å². The van der Waals surface area contributed by atoms with Gasteiger partial charge in [-0.3, -0.25) is 4.79 Å². The van der Waals surface area contributed by atoms with Crippen LogP contribution in [-0.2, 0) is 4.79 Å². The number of para-hydroxylation sites is 1. The van der Waals surface area contributed by atoms with Gasteiger partial charge in [0.05, 0.1) is 0 Å². The number of hydrogen-bond acceptors (Lipinski definition) is 2. The molecule has 1 amide bonds. The van der Waals surface area contributed by atoms with Gasteiger partial charge in [0.15, 0.2) is 0 Å². The predicted molar refractivity (Wildman–Crippen MR) is 81.8 cm³/mol. The third-order valence-electron chi connectivity index (χ3n) is 3.58. The van der Waals surface area contributed by atoms with Crippen LogP contribution in [0.25, 0.3) is 0 Å². The van der Waals surface area contributed by atoms with Gasteiger partial charge in [0.2, 0.25) is 5.91 Å².